The molecule has 3 aliphatic carbocycles. The zero-order chi connectivity index (χ0) is 12.6. The van der Waals surface area contributed by atoms with Crippen LogP contribution in [0.4, 0.5) is 0 Å². The Morgan fingerprint density at radius 2 is 1.26 bits per heavy atom. The second-order valence-corrected chi connectivity index (χ2v) is 5.02. The van der Waals surface area contributed by atoms with E-state index in [1.807, 2.05) is 57.8 Å². The molecule has 0 saturated heterocycles. The van der Waals surface area contributed by atoms with E-state index < -0.39 is 0 Å². The molecule has 0 bridgehead atoms. The van der Waals surface area contributed by atoms with Gasteiger partial charge in [-0.1, -0.05) is 19.3 Å². The maximum atomic E-state index is 10.0. The number of hydrogen-bond acceptors (Lipinski definition) is 1. The van der Waals surface area contributed by atoms with Crippen LogP contribution in [0.25, 0.3) is 0 Å². The van der Waals surface area contributed by atoms with Crippen molar-refractivity contribution in [2.75, 3.05) is 0 Å². The Balaban J connectivity index is 0.000000256. The van der Waals surface area contributed by atoms with Crippen LogP contribution in [-0.2, 0) is 17.1 Å². The van der Waals surface area contributed by atoms with Crippen molar-refractivity contribution in [3.05, 3.63) is 63.7 Å². The summed E-state index contributed by atoms with van der Waals surface area (Å²) in [6, 6.07) is 0. The second-order valence-electron chi connectivity index (χ2n) is 5.02. The third kappa shape index (κ3) is 6.19. The van der Waals surface area contributed by atoms with Gasteiger partial charge in [-0.05, 0) is 76.5 Å². The number of aliphatic hydroxyl groups excluding tert-OH is 1. The van der Waals surface area contributed by atoms with E-state index in [9.17, 15) is 5.11 Å². The van der Waals surface area contributed by atoms with E-state index in [1.54, 1.807) is 0 Å². The summed E-state index contributed by atoms with van der Waals surface area (Å²) in [5.41, 5.74) is 0. The van der Waals surface area contributed by atoms with Gasteiger partial charge in [0.15, 0.2) is 0 Å². The van der Waals surface area contributed by atoms with Crippen LogP contribution >= 0.6 is 0 Å². The first kappa shape index (κ1) is 17.5. The summed E-state index contributed by atoms with van der Waals surface area (Å²) in [5, 5.41) is 10.0. The third-order valence-corrected chi connectivity index (χ3v) is 3.68. The van der Waals surface area contributed by atoms with Gasteiger partial charge in [-0.3, -0.25) is 0 Å². The minimum absolute atomic E-state index is 0. The van der Waals surface area contributed by atoms with Crippen molar-refractivity contribution in [2.24, 2.45) is 5.92 Å². The standard InChI is InChI=1S/C12H17O.C5H5.Fe/c13-12(11-8-4-5-9-11)10-6-2-1-3-7-10;1-2-4-5-3-1;/h4-5,8-10,12-13H,1-3,6-7H2;1-5H;/q;;+2. The monoisotopic (exact) mass is 298 g/mol. The summed E-state index contributed by atoms with van der Waals surface area (Å²) >= 11 is 0. The molecule has 0 aromatic carbocycles. The molecule has 0 aromatic heterocycles. The van der Waals surface area contributed by atoms with Crippen LogP contribution in [0.15, 0.2) is 0 Å². The van der Waals surface area contributed by atoms with E-state index in [1.165, 1.54) is 32.1 Å². The first-order valence-corrected chi connectivity index (χ1v) is 6.94. The van der Waals surface area contributed by atoms with Crippen LogP contribution in [0, 0.1) is 69.6 Å². The Bertz CT molecular complexity index is 196. The molecular weight excluding hydrogens is 276 g/mol. The van der Waals surface area contributed by atoms with Crippen LogP contribution < -0.4 is 0 Å². The van der Waals surface area contributed by atoms with Crippen molar-refractivity contribution in [3.63, 3.8) is 0 Å². The summed E-state index contributed by atoms with van der Waals surface area (Å²) in [6.07, 6.45) is 24.2. The fourth-order valence-corrected chi connectivity index (χ4v) is 2.63. The average molecular weight is 298 g/mol. The van der Waals surface area contributed by atoms with Crippen LogP contribution in [0.2, 0.25) is 0 Å². The molecule has 0 spiro atoms. The largest absolute Gasteiger partial charge is 2.00 e. The number of rotatable bonds is 2. The number of hydrogen-bond donors (Lipinski definition) is 1. The Labute approximate surface area is 130 Å². The van der Waals surface area contributed by atoms with Gasteiger partial charge in [0.2, 0.25) is 0 Å². The fourth-order valence-electron chi connectivity index (χ4n) is 2.63. The SMILES string of the molecule is OC([C]1[CH][CH][CH][CH]1)C1CCCCC1.[CH]1[CH][CH][CH][CH]1.[Fe+2]. The van der Waals surface area contributed by atoms with Gasteiger partial charge in [-0.25, -0.2) is 0 Å². The molecule has 10 radical (unpaired) electrons. The molecule has 0 aliphatic heterocycles. The molecule has 0 aromatic rings. The van der Waals surface area contributed by atoms with E-state index in [2.05, 4.69) is 0 Å². The molecule has 3 aliphatic rings. The van der Waals surface area contributed by atoms with Crippen LogP contribution in [0.3, 0.4) is 0 Å². The molecule has 1 N–H and O–H groups in total. The predicted octanol–water partition coefficient (Wildman–Crippen LogP) is 3.35. The first-order valence-electron chi connectivity index (χ1n) is 6.94. The Morgan fingerprint density at radius 1 is 0.789 bits per heavy atom. The van der Waals surface area contributed by atoms with E-state index >= 15 is 0 Å². The average Bonchev–Trinajstić information content (AvgIpc) is 3.14. The summed E-state index contributed by atoms with van der Waals surface area (Å²) < 4.78 is 0. The van der Waals surface area contributed by atoms with Crippen LogP contribution in [0.1, 0.15) is 32.1 Å². The summed E-state index contributed by atoms with van der Waals surface area (Å²) in [7, 11) is 0. The minimum atomic E-state index is -0.213. The molecule has 1 nitrogen and oxygen atoms in total. The molecule has 102 valence electrons. The predicted molar refractivity (Wildman–Crippen MR) is 74.5 cm³/mol. The van der Waals surface area contributed by atoms with Crippen molar-refractivity contribution in [3.8, 4) is 0 Å². The van der Waals surface area contributed by atoms with Crippen LogP contribution in [0.5, 0.6) is 0 Å². The van der Waals surface area contributed by atoms with Crippen molar-refractivity contribution < 1.29 is 22.2 Å². The minimum Gasteiger partial charge on any atom is -0.392 e. The van der Waals surface area contributed by atoms with E-state index in [4.69, 9.17) is 0 Å². The molecule has 0 heterocycles. The summed E-state index contributed by atoms with van der Waals surface area (Å²) in [6.45, 7) is 0. The third-order valence-electron chi connectivity index (χ3n) is 3.68. The summed E-state index contributed by atoms with van der Waals surface area (Å²) in [4.78, 5) is 0. The van der Waals surface area contributed by atoms with Crippen molar-refractivity contribution in [1.82, 2.24) is 0 Å². The second kappa shape index (κ2) is 10.2. The van der Waals surface area contributed by atoms with Crippen molar-refractivity contribution in [1.29, 1.82) is 0 Å². The maximum absolute atomic E-state index is 10.0. The fraction of sp³-hybridized carbons (Fsp3) is 0.412. The normalized spacial score (nSPS) is 26.4. The Morgan fingerprint density at radius 3 is 1.74 bits per heavy atom. The molecule has 1 unspecified atom stereocenters. The smallest absolute Gasteiger partial charge is 0.392 e. The van der Waals surface area contributed by atoms with Gasteiger partial charge in [0.1, 0.15) is 0 Å². The summed E-state index contributed by atoms with van der Waals surface area (Å²) in [5.74, 6) is 1.61. The zero-order valence-corrected chi connectivity index (χ0v) is 12.3. The number of aliphatic hydroxyl groups is 1. The maximum Gasteiger partial charge on any atom is 2.00 e. The molecular formula is C17H22FeO+2. The zero-order valence-electron chi connectivity index (χ0n) is 11.2. The van der Waals surface area contributed by atoms with Gasteiger partial charge >= 0.3 is 17.1 Å². The van der Waals surface area contributed by atoms with Gasteiger partial charge in [0, 0.05) is 5.92 Å². The van der Waals surface area contributed by atoms with Crippen LogP contribution in [-0.4, -0.2) is 11.2 Å². The Hall–Kier alpha value is 0.479. The van der Waals surface area contributed by atoms with Gasteiger partial charge in [0.25, 0.3) is 0 Å². The first-order chi connectivity index (χ1) is 8.88. The van der Waals surface area contributed by atoms with E-state index in [0.29, 0.717) is 5.92 Å². The van der Waals surface area contributed by atoms with Crippen molar-refractivity contribution in [2.45, 2.75) is 38.2 Å². The molecule has 1 atom stereocenters. The molecule has 19 heavy (non-hydrogen) atoms. The Kier molecular flexibility index (Phi) is 9.45. The topological polar surface area (TPSA) is 20.2 Å². The van der Waals surface area contributed by atoms with Gasteiger partial charge in [0.05, 0.1) is 6.10 Å². The molecule has 3 fully saturated rings. The molecule has 3 rings (SSSR count). The quantitative estimate of drug-likeness (QED) is 0.775. The molecule has 2 heteroatoms. The van der Waals surface area contributed by atoms with Gasteiger partial charge in [-0.15, -0.1) is 0 Å². The molecule has 3 saturated carbocycles. The van der Waals surface area contributed by atoms with Crippen molar-refractivity contribution >= 4 is 0 Å². The van der Waals surface area contributed by atoms with Gasteiger partial charge < -0.3 is 5.11 Å². The van der Waals surface area contributed by atoms with E-state index in [0.717, 1.165) is 5.92 Å². The molecule has 0 amide bonds. The van der Waals surface area contributed by atoms with E-state index in [-0.39, 0.29) is 23.2 Å². The van der Waals surface area contributed by atoms with Gasteiger partial charge in [-0.2, -0.15) is 0 Å².